The first-order valence-electron chi connectivity index (χ1n) is 7.24. The predicted molar refractivity (Wildman–Crippen MR) is 84.7 cm³/mol. The van der Waals surface area contributed by atoms with Gasteiger partial charge in [-0.1, -0.05) is 36.7 Å². The molecule has 0 unspecified atom stereocenters. The van der Waals surface area contributed by atoms with Gasteiger partial charge in [-0.2, -0.15) is 0 Å². The van der Waals surface area contributed by atoms with Gasteiger partial charge in [0.25, 0.3) is 0 Å². The number of hydrogen-bond donors (Lipinski definition) is 1. The molecule has 1 fully saturated rings. The maximum atomic E-state index is 12.5. The number of benzene rings is 1. The normalized spacial score (nSPS) is 19.6. The van der Waals surface area contributed by atoms with Crippen molar-refractivity contribution in [3.8, 4) is 0 Å². The first-order valence-corrected chi connectivity index (χ1v) is 9.23. The SMILES string of the molecule is CCC1(CO)CCN(S(=O)(=O)Cc2ccccc2Cl)CC1. The van der Waals surface area contributed by atoms with Gasteiger partial charge in [-0.05, 0) is 36.3 Å². The number of rotatable bonds is 5. The Morgan fingerprint density at radius 2 is 1.90 bits per heavy atom. The Hall–Kier alpha value is -0.620. The molecule has 0 aromatic heterocycles. The van der Waals surface area contributed by atoms with Gasteiger partial charge in [0.1, 0.15) is 0 Å². The molecule has 6 heteroatoms. The quantitative estimate of drug-likeness (QED) is 0.902. The van der Waals surface area contributed by atoms with Crippen molar-refractivity contribution in [1.29, 1.82) is 0 Å². The summed E-state index contributed by atoms with van der Waals surface area (Å²) < 4.78 is 26.5. The summed E-state index contributed by atoms with van der Waals surface area (Å²) in [6.45, 7) is 3.12. The lowest BCUT2D eigenvalue weighted by Crippen LogP contribution is -2.44. The Bertz CT molecular complexity index is 574. The highest BCUT2D eigenvalue weighted by atomic mass is 35.5. The minimum atomic E-state index is -3.36. The van der Waals surface area contributed by atoms with Crippen LogP contribution in [-0.4, -0.2) is 37.5 Å². The molecule has 0 atom stereocenters. The molecule has 0 amide bonds. The van der Waals surface area contributed by atoms with Crippen molar-refractivity contribution in [2.45, 2.75) is 31.9 Å². The zero-order valence-corrected chi connectivity index (χ0v) is 13.8. The molecule has 1 heterocycles. The number of halogens is 1. The molecule has 118 valence electrons. The number of piperidine rings is 1. The average Bonchev–Trinajstić information content (AvgIpc) is 2.49. The number of nitrogens with zero attached hydrogens (tertiary/aromatic N) is 1. The molecule has 0 radical (unpaired) electrons. The van der Waals surface area contributed by atoms with E-state index in [4.69, 9.17) is 11.6 Å². The molecular formula is C15H22ClNO3S. The standard InChI is InChI=1S/C15H22ClNO3S/c1-2-15(12-18)7-9-17(10-8-15)21(19,20)11-13-5-3-4-6-14(13)16/h3-6,18H,2,7-12H2,1H3. The van der Waals surface area contributed by atoms with Crippen molar-refractivity contribution in [3.05, 3.63) is 34.9 Å². The van der Waals surface area contributed by atoms with Gasteiger partial charge in [-0.25, -0.2) is 12.7 Å². The Morgan fingerprint density at radius 1 is 1.29 bits per heavy atom. The van der Waals surface area contributed by atoms with Gasteiger partial charge in [-0.15, -0.1) is 0 Å². The van der Waals surface area contributed by atoms with Crippen LogP contribution in [-0.2, 0) is 15.8 Å². The molecule has 1 aromatic rings. The van der Waals surface area contributed by atoms with Crippen molar-refractivity contribution in [3.63, 3.8) is 0 Å². The van der Waals surface area contributed by atoms with Gasteiger partial charge in [0.05, 0.1) is 5.75 Å². The highest BCUT2D eigenvalue weighted by molar-refractivity contribution is 7.88. The van der Waals surface area contributed by atoms with Crippen LogP contribution in [0.5, 0.6) is 0 Å². The molecule has 21 heavy (non-hydrogen) atoms. The minimum Gasteiger partial charge on any atom is -0.396 e. The van der Waals surface area contributed by atoms with E-state index in [9.17, 15) is 13.5 Å². The van der Waals surface area contributed by atoms with Crippen LogP contribution in [0.3, 0.4) is 0 Å². The maximum absolute atomic E-state index is 12.5. The number of aliphatic hydroxyl groups excluding tert-OH is 1. The predicted octanol–water partition coefficient (Wildman–Crippen LogP) is 2.65. The monoisotopic (exact) mass is 331 g/mol. The third-order valence-electron chi connectivity index (χ3n) is 4.56. The van der Waals surface area contributed by atoms with Crippen LogP contribution in [0.4, 0.5) is 0 Å². The summed E-state index contributed by atoms with van der Waals surface area (Å²) in [5, 5.41) is 10.00. The zero-order valence-electron chi connectivity index (χ0n) is 12.3. The average molecular weight is 332 g/mol. The molecule has 1 N–H and O–H groups in total. The Labute approximate surface area is 131 Å². The molecule has 0 bridgehead atoms. The van der Waals surface area contributed by atoms with E-state index in [2.05, 4.69) is 0 Å². The van der Waals surface area contributed by atoms with E-state index in [0.717, 1.165) is 6.42 Å². The van der Waals surface area contributed by atoms with Gasteiger partial charge in [0.15, 0.2) is 0 Å². The minimum absolute atomic E-state index is 0.0646. The summed E-state index contributed by atoms with van der Waals surface area (Å²) in [7, 11) is -3.36. The van der Waals surface area contributed by atoms with Gasteiger partial charge >= 0.3 is 0 Å². The highest BCUT2D eigenvalue weighted by Gasteiger charge is 2.36. The van der Waals surface area contributed by atoms with Gasteiger partial charge in [0.2, 0.25) is 10.0 Å². The first-order chi connectivity index (χ1) is 9.92. The van der Waals surface area contributed by atoms with E-state index in [1.807, 2.05) is 6.92 Å². The van der Waals surface area contributed by atoms with Crippen LogP contribution in [0.25, 0.3) is 0 Å². The fraction of sp³-hybridized carbons (Fsp3) is 0.600. The Kier molecular flexibility index (Phi) is 5.30. The van der Waals surface area contributed by atoms with Crippen molar-refractivity contribution in [2.24, 2.45) is 5.41 Å². The molecule has 0 saturated carbocycles. The van der Waals surface area contributed by atoms with Gasteiger partial charge in [0, 0.05) is 24.7 Å². The molecular weight excluding hydrogens is 310 g/mol. The van der Waals surface area contributed by atoms with Crippen LogP contribution >= 0.6 is 11.6 Å². The molecule has 1 aromatic carbocycles. The fourth-order valence-corrected chi connectivity index (χ4v) is 4.61. The summed E-state index contributed by atoms with van der Waals surface area (Å²) in [6, 6.07) is 7.03. The second kappa shape index (κ2) is 6.65. The lowest BCUT2D eigenvalue weighted by Gasteiger charge is -2.39. The van der Waals surface area contributed by atoms with Gasteiger partial charge < -0.3 is 5.11 Å². The Morgan fingerprint density at radius 3 is 2.43 bits per heavy atom. The third-order valence-corrected chi connectivity index (χ3v) is 6.75. The molecule has 1 aliphatic heterocycles. The summed E-state index contributed by atoms with van der Waals surface area (Å²) >= 11 is 6.04. The molecule has 1 aliphatic rings. The topological polar surface area (TPSA) is 57.6 Å². The van der Waals surface area contributed by atoms with Crippen molar-refractivity contribution < 1.29 is 13.5 Å². The Balaban J connectivity index is 2.07. The van der Waals surface area contributed by atoms with E-state index in [0.29, 0.717) is 36.5 Å². The van der Waals surface area contributed by atoms with Crippen LogP contribution in [0.1, 0.15) is 31.7 Å². The fourth-order valence-electron chi connectivity index (χ4n) is 2.77. The lowest BCUT2D eigenvalue weighted by atomic mass is 9.77. The van der Waals surface area contributed by atoms with Crippen molar-refractivity contribution >= 4 is 21.6 Å². The zero-order chi connectivity index (χ0) is 15.5. The highest BCUT2D eigenvalue weighted by Crippen LogP contribution is 2.35. The molecule has 1 saturated heterocycles. The number of aliphatic hydroxyl groups is 1. The number of hydrogen-bond acceptors (Lipinski definition) is 3. The van der Waals surface area contributed by atoms with Crippen LogP contribution < -0.4 is 0 Å². The lowest BCUT2D eigenvalue weighted by molar-refractivity contribution is 0.0647. The van der Waals surface area contributed by atoms with E-state index < -0.39 is 10.0 Å². The largest absolute Gasteiger partial charge is 0.396 e. The van der Waals surface area contributed by atoms with Crippen molar-refractivity contribution in [1.82, 2.24) is 4.31 Å². The van der Waals surface area contributed by atoms with E-state index in [1.165, 1.54) is 4.31 Å². The summed E-state index contributed by atoms with van der Waals surface area (Å²) in [6.07, 6.45) is 2.30. The molecule has 0 aliphatic carbocycles. The number of sulfonamides is 1. The first kappa shape index (κ1) is 16.7. The van der Waals surface area contributed by atoms with E-state index in [-0.39, 0.29) is 17.8 Å². The third kappa shape index (κ3) is 3.77. The summed E-state index contributed by atoms with van der Waals surface area (Å²) in [5.41, 5.74) is 0.518. The van der Waals surface area contributed by atoms with Crippen LogP contribution in [0, 0.1) is 5.41 Å². The van der Waals surface area contributed by atoms with Crippen molar-refractivity contribution in [2.75, 3.05) is 19.7 Å². The van der Waals surface area contributed by atoms with Crippen LogP contribution in [0.2, 0.25) is 5.02 Å². The molecule has 0 spiro atoms. The molecule has 4 nitrogen and oxygen atoms in total. The van der Waals surface area contributed by atoms with Crippen LogP contribution in [0.15, 0.2) is 24.3 Å². The van der Waals surface area contributed by atoms with Gasteiger partial charge in [-0.3, -0.25) is 0 Å². The van der Waals surface area contributed by atoms with E-state index in [1.54, 1.807) is 24.3 Å². The van der Waals surface area contributed by atoms with E-state index >= 15 is 0 Å². The summed E-state index contributed by atoms with van der Waals surface area (Å²) in [4.78, 5) is 0. The maximum Gasteiger partial charge on any atom is 0.218 e. The summed E-state index contributed by atoms with van der Waals surface area (Å²) in [5.74, 6) is -0.0646. The smallest absolute Gasteiger partial charge is 0.218 e. The second-order valence-electron chi connectivity index (χ2n) is 5.76. The molecule has 2 rings (SSSR count). The second-order valence-corrected chi connectivity index (χ2v) is 8.13.